The number of thiazole rings is 1. The number of nitrogens with two attached hydrogens (primary N) is 1. The van der Waals surface area contributed by atoms with Crippen molar-refractivity contribution in [2.45, 2.75) is 25.8 Å². The van der Waals surface area contributed by atoms with Gasteiger partial charge in [0.15, 0.2) is 0 Å². The van der Waals surface area contributed by atoms with Gasteiger partial charge >= 0.3 is 0 Å². The maximum Gasteiger partial charge on any atom is 0.226 e. The Hall–Kier alpha value is -1.72. The summed E-state index contributed by atoms with van der Waals surface area (Å²) in [6.07, 6.45) is 2.05. The van der Waals surface area contributed by atoms with Crippen molar-refractivity contribution in [1.29, 1.82) is 0 Å². The second kappa shape index (κ2) is 5.50. The Morgan fingerprint density at radius 2 is 2.26 bits per heavy atom. The minimum absolute atomic E-state index is 0.0798. The van der Waals surface area contributed by atoms with Crippen LogP contribution in [0.2, 0.25) is 0 Å². The highest BCUT2D eigenvalue weighted by molar-refractivity contribution is 7.13. The van der Waals surface area contributed by atoms with Gasteiger partial charge in [-0.05, 0) is 26.0 Å². The van der Waals surface area contributed by atoms with Gasteiger partial charge in [0, 0.05) is 34.8 Å². The van der Waals surface area contributed by atoms with Crippen LogP contribution in [0, 0.1) is 0 Å². The molecule has 19 heavy (non-hydrogen) atoms. The molecule has 0 radical (unpaired) electrons. The molecule has 2 aromatic rings. The average molecular weight is 275 g/mol. The van der Waals surface area contributed by atoms with Crippen molar-refractivity contribution in [3.05, 3.63) is 35.8 Å². The van der Waals surface area contributed by atoms with E-state index in [1.807, 2.05) is 43.5 Å². The lowest BCUT2D eigenvalue weighted by Crippen LogP contribution is -2.36. The first-order valence-electron chi connectivity index (χ1n) is 6.03. The van der Waals surface area contributed by atoms with E-state index in [1.165, 1.54) is 0 Å². The molecular weight excluding hydrogens is 258 g/mol. The number of benzene rings is 1. The third-order valence-corrected chi connectivity index (χ3v) is 3.26. The van der Waals surface area contributed by atoms with Crippen molar-refractivity contribution < 1.29 is 4.79 Å². The maximum atomic E-state index is 11.8. The fraction of sp³-hybridized carbons (Fsp3) is 0.286. The molecule has 0 aliphatic carbocycles. The predicted molar refractivity (Wildman–Crippen MR) is 79.1 cm³/mol. The van der Waals surface area contributed by atoms with E-state index in [0.717, 1.165) is 16.3 Å². The Kier molecular flexibility index (Phi) is 3.97. The van der Waals surface area contributed by atoms with Crippen LogP contribution >= 0.6 is 11.3 Å². The number of hydrogen-bond acceptors (Lipinski definition) is 4. The number of nitrogens with zero attached hydrogens (tertiary/aromatic N) is 1. The number of anilines is 1. The molecular formula is C14H17N3OS. The molecule has 100 valence electrons. The zero-order valence-corrected chi connectivity index (χ0v) is 11.8. The van der Waals surface area contributed by atoms with Crippen LogP contribution in [0.5, 0.6) is 0 Å². The molecule has 0 aliphatic heterocycles. The van der Waals surface area contributed by atoms with Crippen molar-refractivity contribution in [3.63, 3.8) is 0 Å². The monoisotopic (exact) mass is 275 g/mol. The largest absolute Gasteiger partial charge is 0.326 e. The fourth-order valence-electron chi connectivity index (χ4n) is 1.71. The minimum Gasteiger partial charge on any atom is -0.326 e. The second-order valence-electron chi connectivity index (χ2n) is 5.13. The summed E-state index contributed by atoms with van der Waals surface area (Å²) in [7, 11) is 0. The molecule has 4 nitrogen and oxygen atoms in total. The average Bonchev–Trinajstić information content (AvgIpc) is 2.79. The summed E-state index contributed by atoms with van der Waals surface area (Å²) in [4.78, 5) is 16.1. The highest BCUT2D eigenvalue weighted by Gasteiger charge is 2.16. The summed E-state index contributed by atoms with van der Waals surface area (Å²) in [5.74, 6) is -0.0798. The van der Waals surface area contributed by atoms with Crippen LogP contribution in [0.1, 0.15) is 20.3 Å². The van der Waals surface area contributed by atoms with E-state index in [4.69, 9.17) is 5.73 Å². The highest BCUT2D eigenvalue weighted by atomic mass is 32.1. The normalized spacial score (nSPS) is 11.3. The number of rotatable bonds is 4. The summed E-state index contributed by atoms with van der Waals surface area (Å²) in [5.41, 5.74) is 7.09. The molecule has 5 heteroatoms. The first-order chi connectivity index (χ1) is 8.94. The number of hydrogen-bond donors (Lipinski definition) is 2. The summed E-state index contributed by atoms with van der Waals surface area (Å²) in [5, 5.41) is 5.73. The lowest BCUT2D eigenvalue weighted by molar-refractivity contribution is -0.117. The van der Waals surface area contributed by atoms with E-state index in [1.54, 1.807) is 17.5 Å². The van der Waals surface area contributed by atoms with E-state index in [-0.39, 0.29) is 12.3 Å². The van der Waals surface area contributed by atoms with Crippen LogP contribution in [-0.2, 0) is 4.79 Å². The Labute approximate surface area is 116 Å². The summed E-state index contributed by atoms with van der Waals surface area (Å²) >= 11 is 1.57. The molecule has 0 unspecified atom stereocenters. The SMILES string of the molecule is CC(C)(N)CC(=O)Nc1cccc(-c2nccs2)c1. The van der Waals surface area contributed by atoms with Crippen LogP contribution in [-0.4, -0.2) is 16.4 Å². The van der Waals surface area contributed by atoms with Crippen LogP contribution < -0.4 is 11.1 Å². The van der Waals surface area contributed by atoms with Crippen molar-refractivity contribution >= 4 is 22.9 Å². The summed E-state index contributed by atoms with van der Waals surface area (Å²) < 4.78 is 0. The van der Waals surface area contributed by atoms with Crippen molar-refractivity contribution in [1.82, 2.24) is 4.98 Å². The van der Waals surface area contributed by atoms with Gasteiger partial charge in [-0.15, -0.1) is 11.3 Å². The fourth-order valence-corrected chi connectivity index (χ4v) is 2.35. The molecule has 0 saturated heterocycles. The molecule has 2 rings (SSSR count). The van der Waals surface area contributed by atoms with Crippen LogP contribution in [0.25, 0.3) is 10.6 Å². The quantitative estimate of drug-likeness (QED) is 0.901. The maximum absolute atomic E-state index is 11.8. The highest BCUT2D eigenvalue weighted by Crippen LogP contribution is 2.24. The molecule has 0 saturated carbocycles. The number of carbonyl (C=O) groups excluding carboxylic acids is 1. The molecule has 0 aliphatic rings. The second-order valence-corrected chi connectivity index (χ2v) is 6.03. The molecule has 1 aromatic carbocycles. The van der Waals surface area contributed by atoms with Crippen molar-refractivity contribution in [2.24, 2.45) is 5.73 Å². The molecule has 0 fully saturated rings. The molecule has 1 amide bonds. The molecule has 0 bridgehead atoms. The zero-order chi connectivity index (χ0) is 13.9. The Morgan fingerprint density at radius 3 is 2.89 bits per heavy atom. The van der Waals surface area contributed by atoms with E-state index in [2.05, 4.69) is 10.3 Å². The van der Waals surface area contributed by atoms with Crippen molar-refractivity contribution in [3.8, 4) is 10.6 Å². The van der Waals surface area contributed by atoms with Gasteiger partial charge in [-0.25, -0.2) is 4.98 Å². The molecule has 0 spiro atoms. The summed E-state index contributed by atoms with van der Waals surface area (Å²) in [6, 6.07) is 7.65. The van der Waals surface area contributed by atoms with Gasteiger partial charge in [0.2, 0.25) is 5.91 Å². The van der Waals surface area contributed by atoms with E-state index in [9.17, 15) is 4.79 Å². The van der Waals surface area contributed by atoms with Gasteiger partial charge < -0.3 is 11.1 Å². The third-order valence-electron chi connectivity index (χ3n) is 2.44. The van der Waals surface area contributed by atoms with Crippen LogP contribution in [0.4, 0.5) is 5.69 Å². The lowest BCUT2D eigenvalue weighted by atomic mass is 10.0. The van der Waals surface area contributed by atoms with Gasteiger partial charge in [-0.1, -0.05) is 12.1 Å². The van der Waals surface area contributed by atoms with E-state index < -0.39 is 5.54 Å². The van der Waals surface area contributed by atoms with Gasteiger partial charge in [0.05, 0.1) is 0 Å². The third kappa shape index (κ3) is 4.15. The van der Waals surface area contributed by atoms with Crippen LogP contribution in [0.15, 0.2) is 35.8 Å². The topological polar surface area (TPSA) is 68.0 Å². The number of aromatic nitrogens is 1. The summed E-state index contributed by atoms with van der Waals surface area (Å²) in [6.45, 7) is 3.66. The van der Waals surface area contributed by atoms with E-state index >= 15 is 0 Å². The Morgan fingerprint density at radius 1 is 1.47 bits per heavy atom. The predicted octanol–water partition coefficient (Wildman–Crippen LogP) is 2.88. The first kappa shape index (κ1) is 13.7. The molecule has 3 N–H and O–H groups in total. The molecule has 1 heterocycles. The number of nitrogens with one attached hydrogen (secondary N) is 1. The smallest absolute Gasteiger partial charge is 0.226 e. The standard InChI is InChI=1S/C14H17N3OS/c1-14(2,15)9-12(18)17-11-5-3-4-10(8-11)13-16-6-7-19-13/h3-8H,9,15H2,1-2H3,(H,17,18). The Bertz CT molecular complexity index is 558. The zero-order valence-electron chi connectivity index (χ0n) is 11.0. The molecule has 1 aromatic heterocycles. The van der Waals surface area contributed by atoms with Crippen LogP contribution in [0.3, 0.4) is 0 Å². The number of carbonyl (C=O) groups is 1. The van der Waals surface area contributed by atoms with Gasteiger partial charge in [-0.2, -0.15) is 0 Å². The minimum atomic E-state index is -0.503. The first-order valence-corrected chi connectivity index (χ1v) is 6.91. The Balaban J connectivity index is 2.10. The molecule has 0 atom stereocenters. The van der Waals surface area contributed by atoms with Gasteiger partial charge in [0.1, 0.15) is 5.01 Å². The van der Waals surface area contributed by atoms with Gasteiger partial charge in [-0.3, -0.25) is 4.79 Å². The lowest BCUT2D eigenvalue weighted by Gasteiger charge is -2.17. The number of amides is 1. The van der Waals surface area contributed by atoms with Crippen molar-refractivity contribution in [2.75, 3.05) is 5.32 Å². The van der Waals surface area contributed by atoms with Gasteiger partial charge in [0.25, 0.3) is 0 Å². The van der Waals surface area contributed by atoms with E-state index in [0.29, 0.717) is 0 Å².